The molecule has 4 amide bonds. The monoisotopic (exact) mass is 645 g/mol. The van der Waals surface area contributed by atoms with Crippen molar-refractivity contribution >= 4 is 51.2 Å². The number of carbonyl (C=O) groups is 3. The van der Waals surface area contributed by atoms with Gasteiger partial charge in [0.25, 0.3) is 11.8 Å². The number of allylic oxidation sites excluding steroid dienone is 1. The number of imide groups is 2. The SMILES string of the molecule is C=CCc1cc(/C=C2\C(=O)NC(=O)N(c3ccc(Br)cc3)C2=O)cc(OC)c1Oc1ccc(C(F)(F)F)cc1[N+](=O)[O-]. The van der Waals surface area contributed by atoms with Gasteiger partial charge in [-0.25, -0.2) is 9.69 Å². The van der Waals surface area contributed by atoms with Gasteiger partial charge in [0.15, 0.2) is 11.5 Å². The third kappa shape index (κ3) is 6.17. The number of ether oxygens (including phenoxy) is 2. The maximum atomic E-state index is 13.3. The molecule has 0 atom stereocenters. The van der Waals surface area contributed by atoms with E-state index in [0.717, 1.165) is 11.0 Å². The minimum Gasteiger partial charge on any atom is -0.493 e. The van der Waals surface area contributed by atoms with Crippen molar-refractivity contribution in [1.82, 2.24) is 5.32 Å². The molecule has 0 saturated carbocycles. The Morgan fingerprint density at radius 3 is 2.36 bits per heavy atom. The van der Waals surface area contributed by atoms with E-state index in [0.29, 0.717) is 22.2 Å². The predicted octanol–water partition coefficient (Wildman–Crippen LogP) is 6.57. The summed E-state index contributed by atoms with van der Waals surface area (Å²) in [5, 5.41) is 13.7. The van der Waals surface area contributed by atoms with Crippen LogP contribution >= 0.6 is 15.9 Å². The number of benzene rings is 3. The number of anilines is 1. The van der Waals surface area contributed by atoms with E-state index in [2.05, 4.69) is 27.8 Å². The van der Waals surface area contributed by atoms with E-state index in [9.17, 15) is 37.7 Å². The molecule has 3 aromatic rings. The van der Waals surface area contributed by atoms with Crippen molar-refractivity contribution in [3.63, 3.8) is 0 Å². The smallest absolute Gasteiger partial charge is 0.416 e. The highest BCUT2D eigenvalue weighted by Gasteiger charge is 2.37. The van der Waals surface area contributed by atoms with Crippen molar-refractivity contribution in [2.45, 2.75) is 12.6 Å². The van der Waals surface area contributed by atoms with Crippen molar-refractivity contribution < 1.29 is 42.0 Å². The number of hydrogen-bond acceptors (Lipinski definition) is 7. The molecule has 0 radical (unpaired) electrons. The highest BCUT2D eigenvalue weighted by Crippen LogP contribution is 2.42. The lowest BCUT2D eigenvalue weighted by Crippen LogP contribution is -2.54. The fraction of sp³-hybridized carbons (Fsp3) is 0.107. The van der Waals surface area contributed by atoms with Crippen LogP contribution in [0.3, 0.4) is 0 Å². The van der Waals surface area contributed by atoms with E-state index in [1.54, 1.807) is 12.1 Å². The number of alkyl halides is 3. The van der Waals surface area contributed by atoms with Gasteiger partial charge >= 0.3 is 17.9 Å². The number of urea groups is 1. The van der Waals surface area contributed by atoms with Gasteiger partial charge in [-0.15, -0.1) is 6.58 Å². The first-order chi connectivity index (χ1) is 19.8. The number of methoxy groups -OCH3 is 1. The molecule has 10 nitrogen and oxygen atoms in total. The molecule has 0 unspecified atom stereocenters. The number of nitrogens with one attached hydrogen (secondary N) is 1. The molecule has 1 heterocycles. The van der Waals surface area contributed by atoms with Gasteiger partial charge in [-0.3, -0.25) is 25.0 Å². The average Bonchev–Trinajstić information content (AvgIpc) is 2.92. The molecule has 216 valence electrons. The number of rotatable bonds is 8. The summed E-state index contributed by atoms with van der Waals surface area (Å²) in [7, 11) is 1.25. The van der Waals surface area contributed by atoms with Crippen LogP contribution < -0.4 is 19.7 Å². The summed E-state index contributed by atoms with van der Waals surface area (Å²) in [6.45, 7) is 3.66. The van der Waals surface area contributed by atoms with Crippen LogP contribution in [0, 0.1) is 10.1 Å². The van der Waals surface area contributed by atoms with Gasteiger partial charge in [-0.2, -0.15) is 13.2 Å². The number of amides is 4. The van der Waals surface area contributed by atoms with Gasteiger partial charge in [-0.05, 0) is 66.6 Å². The van der Waals surface area contributed by atoms with Crippen LogP contribution in [0.2, 0.25) is 0 Å². The summed E-state index contributed by atoms with van der Waals surface area (Å²) >= 11 is 3.27. The first-order valence-electron chi connectivity index (χ1n) is 11.9. The van der Waals surface area contributed by atoms with Crippen molar-refractivity contribution in [2.24, 2.45) is 0 Å². The van der Waals surface area contributed by atoms with Crippen LogP contribution in [0.5, 0.6) is 17.2 Å². The first-order valence-corrected chi connectivity index (χ1v) is 12.7. The molecular weight excluding hydrogens is 627 g/mol. The Balaban J connectivity index is 1.78. The molecule has 0 aromatic heterocycles. The topological polar surface area (TPSA) is 128 Å². The average molecular weight is 646 g/mol. The second-order valence-electron chi connectivity index (χ2n) is 8.68. The third-order valence-corrected chi connectivity index (χ3v) is 6.46. The molecule has 1 aliphatic heterocycles. The van der Waals surface area contributed by atoms with E-state index < -0.39 is 45.9 Å². The normalized spacial score (nSPS) is 14.5. The van der Waals surface area contributed by atoms with E-state index in [4.69, 9.17) is 9.47 Å². The zero-order valence-electron chi connectivity index (χ0n) is 21.5. The first kappa shape index (κ1) is 30.0. The van der Waals surface area contributed by atoms with E-state index in [1.807, 2.05) is 0 Å². The summed E-state index contributed by atoms with van der Waals surface area (Å²) in [5.74, 6) is -2.39. The lowest BCUT2D eigenvalue weighted by Gasteiger charge is -2.26. The summed E-state index contributed by atoms with van der Waals surface area (Å²) in [6, 6.07) is 9.97. The van der Waals surface area contributed by atoms with Crippen molar-refractivity contribution in [1.29, 1.82) is 0 Å². The van der Waals surface area contributed by atoms with Crippen LogP contribution in [0.1, 0.15) is 16.7 Å². The Hall–Kier alpha value is -4.98. The Bertz CT molecular complexity index is 1650. The van der Waals surface area contributed by atoms with Gasteiger partial charge in [0, 0.05) is 16.1 Å². The van der Waals surface area contributed by atoms with E-state index >= 15 is 0 Å². The van der Waals surface area contributed by atoms with Gasteiger partial charge in [0.05, 0.1) is 23.3 Å². The maximum absolute atomic E-state index is 13.3. The molecule has 3 aromatic carbocycles. The molecule has 14 heteroatoms. The van der Waals surface area contributed by atoms with E-state index in [-0.39, 0.29) is 34.7 Å². The van der Waals surface area contributed by atoms with Crippen molar-refractivity contribution in [3.05, 3.63) is 104 Å². The Kier molecular flexibility index (Phi) is 8.47. The minimum absolute atomic E-state index is 0.0140. The summed E-state index contributed by atoms with van der Waals surface area (Å²) in [6.07, 6.45) is -2.03. The number of nitro benzene ring substituents is 1. The molecule has 1 fully saturated rings. The largest absolute Gasteiger partial charge is 0.493 e. The second-order valence-corrected chi connectivity index (χ2v) is 9.59. The molecule has 42 heavy (non-hydrogen) atoms. The highest BCUT2D eigenvalue weighted by molar-refractivity contribution is 9.10. The standard InChI is InChI=1S/C28H19BrF3N3O7/c1-3-4-16-11-15(12-20-25(36)33-27(38)34(26(20)37)19-8-6-18(29)7-9-19)13-23(41-2)24(16)42-22-10-5-17(28(30,31)32)14-21(22)35(39)40/h3,5-14H,1,4H2,2H3,(H,33,36,38)/b20-12+. The maximum Gasteiger partial charge on any atom is 0.416 e. The molecular formula is C28H19BrF3N3O7. The van der Waals surface area contributed by atoms with Crippen LogP contribution in [-0.2, 0) is 22.2 Å². The number of nitro groups is 1. The fourth-order valence-corrected chi connectivity index (χ4v) is 4.29. The zero-order chi connectivity index (χ0) is 30.8. The fourth-order valence-electron chi connectivity index (χ4n) is 4.02. The molecule has 0 bridgehead atoms. The van der Waals surface area contributed by atoms with Crippen LogP contribution in [-0.4, -0.2) is 29.9 Å². The summed E-state index contributed by atoms with van der Waals surface area (Å²) < 4.78 is 51.3. The summed E-state index contributed by atoms with van der Waals surface area (Å²) in [4.78, 5) is 49.7. The number of halogens is 4. The number of nitrogens with zero attached hydrogens (tertiary/aromatic N) is 2. The third-order valence-electron chi connectivity index (χ3n) is 5.93. The van der Waals surface area contributed by atoms with Crippen LogP contribution in [0.25, 0.3) is 6.08 Å². The lowest BCUT2D eigenvalue weighted by molar-refractivity contribution is -0.385. The van der Waals surface area contributed by atoms with Gasteiger partial charge in [0.2, 0.25) is 5.75 Å². The number of barbiturate groups is 1. The molecule has 1 aliphatic rings. The highest BCUT2D eigenvalue weighted by atomic mass is 79.9. The molecule has 4 rings (SSSR count). The summed E-state index contributed by atoms with van der Waals surface area (Å²) in [5.41, 5.74) is -1.75. The molecule has 0 spiro atoms. The van der Waals surface area contributed by atoms with Gasteiger partial charge in [0.1, 0.15) is 5.57 Å². The second kappa shape index (κ2) is 11.9. The molecule has 1 N–H and O–H groups in total. The quantitative estimate of drug-likeness (QED) is 0.0964. The Labute approximate surface area is 244 Å². The number of hydrogen-bond donors (Lipinski definition) is 1. The minimum atomic E-state index is -4.81. The van der Waals surface area contributed by atoms with Crippen LogP contribution in [0.15, 0.2) is 77.3 Å². The van der Waals surface area contributed by atoms with Gasteiger partial charge in [-0.1, -0.05) is 22.0 Å². The Morgan fingerprint density at radius 2 is 1.76 bits per heavy atom. The van der Waals surface area contributed by atoms with E-state index in [1.165, 1.54) is 43.5 Å². The predicted molar refractivity (Wildman–Crippen MR) is 148 cm³/mol. The van der Waals surface area contributed by atoms with Gasteiger partial charge < -0.3 is 9.47 Å². The molecule has 1 saturated heterocycles. The zero-order valence-corrected chi connectivity index (χ0v) is 23.1. The van der Waals surface area contributed by atoms with Crippen molar-refractivity contribution in [3.8, 4) is 17.2 Å². The van der Waals surface area contributed by atoms with Crippen LogP contribution in [0.4, 0.5) is 29.3 Å². The molecule has 0 aliphatic carbocycles. The number of carbonyl (C=O) groups excluding carboxylic acids is 3. The Morgan fingerprint density at radius 1 is 1.07 bits per heavy atom. The lowest BCUT2D eigenvalue weighted by atomic mass is 10.0. The van der Waals surface area contributed by atoms with Crippen molar-refractivity contribution in [2.75, 3.05) is 12.0 Å².